The number of benzene rings is 3. The molecule has 1 unspecified atom stereocenters. The Hall–Kier alpha value is -3.67. The molecule has 0 aliphatic carbocycles. The first-order valence-electron chi connectivity index (χ1n) is 11.7. The molecule has 0 bridgehead atoms. The summed E-state index contributed by atoms with van der Waals surface area (Å²) in [7, 11) is 0. The summed E-state index contributed by atoms with van der Waals surface area (Å²) in [5, 5.41) is 7.74. The minimum atomic E-state index is -0.718. The standard InChI is InChI=1S/C28H33N3O3/c1-4-31(19-21-10-6-5-7-11-21)26(33)18-29-28(34)27(20(2)3)30-25(32)17-22-14-15-23-12-8-9-13-24(23)16-22/h5-16,20,27H,4,17-19H2,1-3H3,(H,29,34)(H,30,32). The lowest BCUT2D eigenvalue weighted by Crippen LogP contribution is -2.52. The number of amides is 3. The number of fused-ring (bicyclic) bond motifs is 1. The largest absolute Gasteiger partial charge is 0.345 e. The highest BCUT2D eigenvalue weighted by molar-refractivity contribution is 5.91. The molecule has 3 rings (SSSR count). The predicted molar refractivity (Wildman–Crippen MR) is 135 cm³/mol. The van der Waals surface area contributed by atoms with Crippen molar-refractivity contribution in [3.05, 3.63) is 83.9 Å². The van der Waals surface area contributed by atoms with Crippen LogP contribution in [0.3, 0.4) is 0 Å². The molecule has 0 aromatic heterocycles. The summed E-state index contributed by atoms with van der Waals surface area (Å²) < 4.78 is 0. The molecule has 6 heteroatoms. The van der Waals surface area contributed by atoms with Crippen LogP contribution in [0.2, 0.25) is 0 Å². The van der Waals surface area contributed by atoms with Crippen molar-refractivity contribution in [2.75, 3.05) is 13.1 Å². The van der Waals surface area contributed by atoms with E-state index in [4.69, 9.17) is 0 Å². The van der Waals surface area contributed by atoms with Crippen LogP contribution in [0.25, 0.3) is 10.8 Å². The molecular formula is C28H33N3O3. The van der Waals surface area contributed by atoms with Gasteiger partial charge in [-0.25, -0.2) is 0 Å². The van der Waals surface area contributed by atoms with Crippen LogP contribution in [0.5, 0.6) is 0 Å². The average molecular weight is 460 g/mol. The number of nitrogens with one attached hydrogen (secondary N) is 2. The number of rotatable bonds is 10. The monoisotopic (exact) mass is 459 g/mol. The van der Waals surface area contributed by atoms with Gasteiger partial charge in [-0.3, -0.25) is 14.4 Å². The van der Waals surface area contributed by atoms with Gasteiger partial charge in [0.25, 0.3) is 0 Å². The molecule has 0 spiro atoms. The molecule has 34 heavy (non-hydrogen) atoms. The Morgan fingerprint density at radius 2 is 1.53 bits per heavy atom. The van der Waals surface area contributed by atoms with E-state index in [0.29, 0.717) is 13.1 Å². The average Bonchev–Trinajstić information content (AvgIpc) is 2.84. The van der Waals surface area contributed by atoms with Crippen LogP contribution in [-0.4, -0.2) is 41.8 Å². The van der Waals surface area contributed by atoms with Gasteiger partial charge in [-0.2, -0.15) is 0 Å². The lowest BCUT2D eigenvalue weighted by molar-refractivity contribution is -0.134. The van der Waals surface area contributed by atoms with Crippen LogP contribution >= 0.6 is 0 Å². The first kappa shape index (κ1) is 25.0. The molecule has 0 aliphatic rings. The molecule has 2 N–H and O–H groups in total. The predicted octanol–water partition coefficient (Wildman–Crippen LogP) is 3.69. The van der Waals surface area contributed by atoms with E-state index in [2.05, 4.69) is 10.6 Å². The fourth-order valence-electron chi connectivity index (χ4n) is 3.86. The Bertz CT molecular complexity index is 1130. The molecule has 178 valence electrons. The molecule has 0 heterocycles. The summed E-state index contributed by atoms with van der Waals surface area (Å²) in [6.07, 6.45) is 0.182. The zero-order chi connectivity index (χ0) is 24.5. The summed E-state index contributed by atoms with van der Waals surface area (Å²) in [6, 6.07) is 22.9. The van der Waals surface area contributed by atoms with Crippen LogP contribution in [0.4, 0.5) is 0 Å². The first-order chi connectivity index (χ1) is 16.4. The number of likely N-dealkylation sites (N-methyl/N-ethyl adjacent to an activating group) is 1. The van der Waals surface area contributed by atoms with E-state index >= 15 is 0 Å². The number of nitrogens with zero attached hydrogens (tertiary/aromatic N) is 1. The highest BCUT2D eigenvalue weighted by Crippen LogP contribution is 2.16. The quantitative estimate of drug-likeness (QED) is 0.485. The van der Waals surface area contributed by atoms with Gasteiger partial charge >= 0.3 is 0 Å². The van der Waals surface area contributed by atoms with E-state index < -0.39 is 6.04 Å². The number of hydrogen-bond acceptors (Lipinski definition) is 3. The van der Waals surface area contributed by atoms with Gasteiger partial charge in [0.2, 0.25) is 17.7 Å². The molecule has 0 fully saturated rings. The molecule has 0 saturated carbocycles. The topological polar surface area (TPSA) is 78.5 Å². The fourth-order valence-corrected chi connectivity index (χ4v) is 3.86. The van der Waals surface area contributed by atoms with Crippen LogP contribution in [0.15, 0.2) is 72.8 Å². The molecule has 0 saturated heterocycles. The van der Waals surface area contributed by atoms with Gasteiger partial charge in [0.15, 0.2) is 0 Å². The second-order valence-electron chi connectivity index (χ2n) is 8.76. The fraction of sp³-hybridized carbons (Fsp3) is 0.321. The van der Waals surface area contributed by atoms with Crippen molar-refractivity contribution in [3.8, 4) is 0 Å². The van der Waals surface area contributed by atoms with Crippen molar-refractivity contribution in [2.24, 2.45) is 5.92 Å². The van der Waals surface area contributed by atoms with Crippen molar-refractivity contribution in [1.82, 2.24) is 15.5 Å². The van der Waals surface area contributed by atoms with E-state index in [1.54, 1.807) is 4.90 Å². The van der Waals surface area contributed by atoms with Crippen LogP contribution in [-0.2, 0) is 27.3 Å². The second-order valence-corrected chi connectivity index (χ2v) is 8.76. The Balaban J connectivity index is 1.55. The molecule has 6 nitrogen and oxygen atoms in total. The second kappa shape index (κ2) is 12.0. The maximum absolute atomic E-state index is 12.8. The molecular weight excluding hydrogens is 426 g/mol. The van der Waals surface area contributed by atoms with Crippen LogP contribution in [0.1, 0.15) is 31.9 Å². The molecule has 3 aromatic carbocycles. The van der Waals surface area contributed by atoms with Gasteiger partial charge in [-0.05, 0) is 34.7 Å². The lowest BCUT2D eigenvalue weighted by Gasteiger charge is -2.24. The van der Waals surface area contributed by atoms with Crippen molar-refractivity contribution in [2.45, 2.75) is 39.8 Å². The zero-order valence-electron chi connectivity index (χ0n) is 20.1. The normalized spacial score (nSPS) is 11.8. The maximum Gasteiger partial charge on any atom is 0.243 e. The highest BCUT2D eigenvalue weighted by Gasteiger charge is 2.25. The third kappa shape index (κ3) is 6.91. The summed E-state index contributed by atoms with van der Waals surface area (Å²) in [5.74, 6) is -0.868. The van der Waals surface area contributed by atoms with Gasteiger partial charge in [0.1, 0.15) is 6.04 Å². The lowest BCUT2D eigenvalue weighted by atomic mass is 10.0. The minimum Gasteiger partial charge on any atom is -0.345 e. The third-order valence-electron chi connectivity index (χ3n) is 5.81. The van der Waals surface area contributed by atoms with Gasteiger partial charge in [0, 0.05) is 13.1 Å². The summed E-state index contributed by atoms with van der Waals surface area (Å²) in [6.45, 7) is 6.57. The van der Waals surface area contributed by atoms with Gasteiger partial charge in [-0.15, -0.1) is 0 Å². The molecule has 1 atom stereocenters. The number of hydrogen-bond donors (Lipinski definition) is 2. The van der Waals surface area contributed by atoms with Crippen molar-refractivity contribution in [3.63, 3.8) is 0 Å². The maximum atomic E-state index is 12.8. The molecule has 3 aromatic rings. The molecule has 0 aliphatic heterocycles. The van der Waals surface area contributed by atoms with Crippen LogP contribution < -0.4 is 10.6 Å². The summed E-state index contributed by atoms with van der Waals surface area (Å²) in [5.41, 5.74) is 1.92. The highest BCUT2D eigenvalue weighted by atomic mass is 16.2. The number of carbonyl (C=O) groups excluding carboxylic acids is 3. The molecule has 3 amide bonds. The minimum absolute atomic E-state index is 0.108. The number of carbonyl (C=O) groups is 3. The summed E-state index contributed by atoms with van der Waals surface area (Å²) in [4.78, 5) is 39.9. The molecule has 0 radical (unpaired) electrons. The Labute approximate surface area is 201 Å². The first-order valence-corrected chi connectivity index (χ1v) is 11.7. The third-order valence-corrected chi connectivity index (χ3v) is 5.81. The van der Waals surface area contributed by atoms with Gasteiger partial charge in [-0.1, -0.05) is 86.6 Å². The van der Waals surface area contributed by atoms with E-state index in [1.807, 2.05) is 93.6 Å². The van der Waals surface area contributed by atoms with Crippen molar-refractivity contribution < 1.29 is 14.4 Å². The zero-order valence-corrected chi connectivity index (χ0v) is 20.1. The smallest absolute Gasteiger partial charge is 0.243 e. The van der Waals surface area contributed by atoms with Gasteiger partial charge in [0.05, 0.1) is 13.0 Å². The van der Waals surface area contributed by atoms with E-state index in [0.717, 1.165) is 21.9 Å². The van der Waals surface area contributed by atoms with E-state index in [-0.39, 0.29) is 36.6 Å². The summed E-state index contributed by atoms with van der Waals surface area (Å²) >= 11 is 0. The Kier molecular flexibility index (Phi) is 8.79. The van der Waals surface area contributed by atoms with Crippen molar-refractivity contribution in [1.29, 1.82) is 0 Å². The Morgan fingerprint density at radius 3 is 2.21 bits per heavy atom. The van der Waals surface area contributed by atoms with Gasteiger partial charge < -0.3 is 15.5 Å². The van der Waals surface area contributed by atoms with E-state index in [9.17, 15) is 14.4 Å². The van der Waals surface area contributed by atoms with Crippen molar-refractivity contribution >= 4 is 28.5 Å². The SMILES string of the molecule is CCN(Cc1ccccc1)C(=O)CNC(=O)C(NC(=O)Cc1ccc2ccccc2c1)C(C)C. The van der Waals surface area contributed by atoms with Crippen LogP contribution in [0, 0.1) is 5.92 Å². The Morgan fingerprint density at radius 1 is 0.853 bits per heavy atom. The van der Waals surface area contributed by atoms with E-state index in [1.165, 1.54) is 0 Å².